The number of phenols is 1. The highest BCUT2D eigenvalue weighted by Gasteiger charge is 2.57. The van der Waals surface area contributed by atoms with Crippen LogP contribution in [0, 0.1) is 27.9 Å². The number of carbonyl (C=O) groups is 2. The second-order valence-corrected chi connectivity index (χ2v) is 10.7. The second kappa shape index (κ2) is 11.7. The van der Waals surface area contributed by atoms with Crippen molar-refractivity contribution in [3.63, 3.8) is 0 Å². The first-order valence-corrected chi connectivity index (χ1v) is 13.8. The molecule has 2 amide bonds. The van der Waals surface area contributed by atoms with Crippen LogP contribution < -0.4 is 4.90 Å². The smallest absolute Gasteiger partial charge is 0.271 e. The van der Waals surface area contributed by atoms with E-state index in [1.54, 1.807) is 25.3 Å². The second-order valence-electron chi connectivity index (χ2n) is 10.7. The number of anilines is 1. The van der Waals surface area contributed by atoms with E-state index in [1.807, 2.05) is 18.2 Å². The molecular formula is C31H34N2O7. The van der Waals surface area contributed by atoms with E-state index in [0.29, 0.717) is 26.1 Å². The van der Waals surface area contributed by atoms with Gasteiger partial charge in [0.15, 0.2) is 0 Å². The molecule has 0 unspecified atom stereocenters. The van der Waals surface area contributed by atoms with Gasteiger partial charge >= 0.3 is 0 Å². The Kier molecular flexibility index (Phi) is 8.14. The van der Waals surface area contributed by atoms with Gasteiger partial charge in [0, 0.05) is 30.7 Å². The number of methoxy groups -OCH3 is 1. The summed E-state index contributed by atoms with van der Waals surface area (Å²) in [6.45, 7) is 2.81. The molecule has 2 aromatic rings. The molecule has 0 saturated carbocycles. The van der Waals surface area contributed by atoms with Gasteiger partial charge in [-0.3, -0.25) is 19.7 Å². The number of allylic oxidation sites excluding steroid dienone is 1. The number of aromatic hydroxyl groups is 1. The van der Waals surface area contributed by atoms with E-state index >= 15 is 0 Å². The van der Waals surface area contributed by atoms with Crippen molar-refractivity contribution >= 4 is 29.3 Å². The fourth-order valence-electron chi connectivity index (χ4n) is 6.52. The van der Waals surface area contributed by atoms with Crippen molar-refractivity contribution in [1.82, 2.24) is 0 Å². The molecule has 1 aliphatic carbocycles. The molecule has 0 bridgehead atoms. The zero-order chi connectivity index (χ0) is 28.4. The SMILES string of the molecule is CCC/C(=C\c1ccccc1O)CC[C@H]1OC[C@H]2C1=C(COC)C[C@H]1C(=O)N(c3cccc([N+](=O)[O-])c3)C(=O)[C@H]12. The van der Waals surface area contributed by atoms with E-state index in [-0.39, 0.29) is 41.0 Å². The van der Waals surface area contributed by atoms with Crippen molar-refractivity contribution in [1.29, 1.82) is 0 Å². The lowest BCUT2D eigenvalue weighted by atomic mass is 9.69. The van der Waals surface area contributed by atoms with Gasteiger partial charge in [0.05, 0.1) is 41.8 Å². The van der Waals surface area contributed by atoms with Crippen molar-refractivity contribution in [3.05, 3.63) is 80.9 Å². The van der Waals surface area contributed by atoms with Crippen LogP contribution in [0.25, 0.3) is 6.08 Å². The highest BCUT2D eigenvalue weighted by Crippen LogP contribution is 2.50. The molecule has 2 fully saturated rings. The number of phenolic OH excluding ortho intramolecular Hbond substituents is 1. The maximum atomic E-state index is 13.7. The molecule has 3 aliphatic rings. The molecule has 2 aliphatic heterocycles. The molecule has 4 atom stereocenters. The molecule has 5 rings (SSSR count). The molecule has 40 heavy (non-hydrogen) atoms. The maximum Gasteiger partial charge on any atom is 0.271 e. The van der Waals surface area contributed by atoms with Crippen LogP contribution in [0.4, 0.5) is 11.4 Å². The van der Waals surface area contributed by atoms with E-state index in [1.165, 1.54) is 23.8 Å². The first kappa shape index (κ1) is 27.7. The number of non-ortho nitro benzene ring substituents is 1. The maximum absolute atomic E-state index is 13.7. The Bertz CT molecular complexity index is 1380. The Hall–Kier alpha value is -3.82. The summed E-state index contributed by atoms with van der Waals surface area (Å²) < 4.78 is 11.8. The van der Waals surface area contributed by atoms with E-state index in [4.69, 9.17) is 9.47 Å². The van der Waals surface area contributed by atoms with Gasteiger partial charge in [-0.15, -0.1) is 0 Å². The normalized spacial score (nSPS) is 24.4. The summed E-state index contributed by atoms with van der Waals surface area (Å²) in [4.78, 5) is 39.2. The van der Waals surface area contributed by atoms with Crippen molar-refractivity contribution in [3.8, 4) is 5.75 Å². The Balaban J connectivity index is 1.40. The third kappa shape index (κ3) is 5.19. The van der Waals surface area contributed by atoms with E-state index < -0.39 is 16.8 Å². The van der Waals surface area contributed by atoms with Gasteiger partial charge in [-0.2, -0.15) is 0 Å². The largest absolute Gasteiger partial charge is 0.507 e. The summed E-state index contributed by atoms with van der Waals surface area (Å²) >= 11 is 0. The lowest BCUT2D eigenvalue weighted by Crippen LogP contribution is -2.35. The molecule has 1 N–H and O–H groups in total. The zero-order valence-electron chi connectivity index (χ0n) is 22.7. The number of benzene rings is 2. The lowest BCUT2D eigenvalue weighted by Gasteiger charge is -2.31. The minimum atomic E-state index is -0.570. The zero-order valence-corrected chi connectivity index (χ0v) is 22.7. The number of imide groups is 1. The summed E-state index contributed by atoms with van der Waals surface area (Å²) in [7, 11) is 1.62. The fourth-order valence-corrected chi connectivity index (χ4v) is 6.52. The predicted molar refractivity (Wildman–Crippen MR) is 150 cm³/mol. The number of para-hydroxylation sites is 1. The number of carbonyl (C=O) groups excluding carboxylic acids is 2. The molecule has 2 heterocycles. The molecule has 210 valence electrons. The molecule has 9 nitrogen and oxygen atoms in total. The van der Waals surface area contributed by atoms with Gasteiger partial charge in [0.1, 0.15) is 5.75 Å². The van der Waals surface area contributed by atoms with Crippen LogP contribution in [0.3, 0.4) is 0 Å². The first-order chi connectivity index (χ1) is 19.3. The third-order valence-electron chi connectivity index (χ3n) is 8.22. The van der Waals surface area contributed by atoms with Crippen LogP contribution in [0.5, 0.6) is 5.75 Å². The Labute approximate surface area is 233 Å². The van der Waals surface area contributed by atoms with Crippen molar-refractivity contribution < 1.29 is 29.1 Å². The van der Waals surface area contributed by atoms with Gasteiger partial charge in [0.2, 0.25) is 11.8 Å². The average Bonchev–Trinajstić information content (AvgIpc) is 3.47. The number of nitro benzene ring substituents is 1. The van der Waals surface area contributed by atoms with Gasteiger partial charge in [-0.05, 0) is 49.0 Å². The van der Waals surface area contributed by atoms with Crippen molar-refractivity contribution in [2.75, 3.05) is 25.2 Å². The number of nitrogens with zero attached hydrogens (tertiary/aromatic N) is 2. The Morgan fingerprint density at radius 2 is 1.95 bits per heavy atom. The number of fused-ring (bicyclic) bond motifs is 3. The van der Waals surface area contributed by atoms with Crippen LogP contribution in [-0.4, -0.2) is 48.3 Å². The van der Waals surface area contributed by atoms with E-state index in [2.05, 4.69) is 6.92 Å². The fraction of sp³-hybridized carbons (Fsp3) is 0.419. The van der Waals surface area contributed by atoms with E-state index in [0.717, 1.165) is 40.9 Å². The van der Waals surface area contributed by atoms with Crippen molar-refractivity contribution in [2.45, 2.75) is 45.1 Å². The first-order valence-electron chi connectivity index (χ1n) is 13.8. The lowest BCUT2D eigenvalue weighted by molar-refractivity contribution is -0.384. The summed E-state index contributed by atoms with van der Waals surface area (Å²) in [5.74, 6) is -1.78. The number of ether oxygens (including phenoxy) is 2. The molecule has 0 aromatic heterocycles. The van der Waals surface area contributed by atoms with Crippen LogP contribution in [0.15, 0.2) is 65.3 Å². The molecule has 2 aromatic carbocycles. The molecule has 2 saturated heterocycles. The molecule has 0 radical (unpaired) electrons. The van der Waals surface area contributed by atoms with Gasteiger partial charge < -0.3 is 14.6 Å². The number of rotatable bonds is 10. The van der Waals surface area contributed by atoms with Crippen LogP contribution in [-0.2, 0) is 19.1 Å². The van der Waals surface area contributed by atoms with Gasteiger partial charge in [-0.1, -0.05) is 49.3 Å². The van der Waals surface area contributed by atoms with Gasteiger partial charge in [-0.25, -0.2) is 4.90 Å². The number of hydrogen-bond acceptors (Lipinski definition) is 7. The minimum Gasteiger partial charge on any atom is -0.507 e. The summed E-state index contributed by atoms with van der Waals surface area (Å²) in [6.07, 6.45) is 5.59. The number of amides is 2. The predicted octanol–water partition coefficient (Wildman–Crippen LogP) is 5.43. The standard InChI is InChI=1S/C31H34N2O7/c1-3-7-19(14-20-8-4-5-11-26(20)34)12-13-27-28-21(17-39-2)15-24-29(25(28)18-40-27)31(36)32(30(24)35)22-9-6-10-23(16-22)33(37)38/h4-6,8-11,14,16,24-25,27,29,34H,3,7,12-13,15,17-18H2,1-2H3/b19-14+/t24-,25+,27-,29-/m1/s1. The quantitative estimate of drug-likeness (QED) is 0.183. The molecule has 0 spiro atoms. The van der Waals surface area contributed by atoms with Crippen molar-refractivity contribution in [2.24, 2.45) is 17.8 Å². The summed E-state index contributed by atoms with van der Waals surface area (Å²) in [5, 5.41) is 21.6. The van der Waals surface area contributed by atoms with Gasteiger partial charge in [0.25, 0.3) is 5.69 Å². The van der Waals surface area contributed by atoms with Crippen LogP contribution in [0.1, 0.15) is 44.6 Å². The number of hydrogen-bond donors (Lipinski definition) is 1. The monoisotopic (exact) mass is 546 g/mol. The minimum absolute atomic E-state index is 0.170. The summed E-state index contributed by atoms with van der Waals surface area (Å²) in [6, 6.07) is 12.9. The summed E-state index contributed by atoms with van der Waals surface area (Å²) in [5.41, 5.74) is 4.11. The van der Waals surface area contributed by atoms with Crippen LogP contribution >= 0.6 is 0 Å². The number of nitro groups is 1. The average molecular weight is 547 g/mol. The topological polar surface area (TPSA) is 119 Å². The highest BCUT2D eigenvalue weighted by molar-refractivity contribution is 6.22. The molecule has 9 heteroatoms. The Morgan fingerprint density at radius 3 is 2.67 bits per heavy atom. The molecular weight excluding hydrogens is 512 g/mol. The van der Waals surface area contributed by atoms with E-state index in [9.17, 15) is 24.8 Å². The third-order valence-corrected chi connectivity index (χ3v) is 8.22. The Morgan fingerprint density at radius 1 is 1.15 bits per heavy atom. The highest BCUT2D eigenvalue weighted by atomic mass is 16.6. The van der Waals surface area contributed by atoms with Crippen LogP contribution in [0.2, 0.25) is 0 Å².